The van der Waals surface area contributed by atoms with Crippen LogP contribution in [-0.2, 0) is 12.8 Å². The second kappa shape index (κ2) is 7.00. The number of likely N-dealkylation sites (N-methyl/N-ethyl adjacent to an activating group) is 1. The predicted octanol–water partition coefficient (Wildman–Crippen LogP) is 2.98. The van der Waals surface area contributed by atoms with Crippen molar-refractivity contribution in [3.8, 4) is 0 Å². The Kier molecular flexibility index (Phi) is 5.04. The smallest absolute Gasteiger partial charge is 0.123 e. The predicted molar refractivity (Wildman–Crippen MR) is 75.5 cm³/mol. The molecule has 0 saturated carbocycles. The zero-order chi connectivity index (χ0) is 13.5. The first-order valence-corrected chi connectivity index (χ1v) is 6.58. The first kappa shape index (κ1) is 13.7. The number of pyridine rings is 1. The van der Waals surface area contributed by atoms with Crippen LogP contribution in [0.4, 0.5) is 4.39 Å². The van der Waals surface area contributed by atoms with E-state index in [0.717, 1.165) is 24.8 Å². The summed E-state index contributed by atoms with van der Waals surface area (Å²) in [6.45, 7) is 0. The molecule has 0 aliphatic carbocycles. The monoisotopic (exact) mass is 258 g/mol. The van der Waals surface area contributed by atoms with Crippen LogP contribution in [0.1, 0.15) is 17.5 Å². The molecule has 0 aliphatic rings. The molecule has 19 heavy (non-hydrogen) atoms. The van der Waals surface area contributed by atoms with Gasteiger partial charge in [-0.15, -0.1) is 0 Å². The molecule has 1 N–H and O–H groups in total. The Morgan fingerprint density at radius 2 is 2.05 bits per heavy atom. The molecule has 1 aromatic heterocycles. The number of nitrogens with zero attached hydrogens (tertiary/aromatic N) is 1. The van der Waals surface area contributed by atoms with E-state index < -0.39 is 0 Å². The third-order valence-electron chi connectivity index (χ3n) is 3.28. The molecule has 0 amide bonds. The zero-order valence-electron chi connectivity index (χ0n) is 11.1. The normalized spacial score (nSPS) is 12.3. The third-order valence-corrected chi connectivity index (χ3v) is 3.28. The summed E-state index contributed by atoms with van der Waals surface area (Å²) in [4.78, 5) is 4.11. The summed E-state index contributed by atoms with van der Waals surface area (Å²) in [5.41, 5.74) is 2.27. The van der Waals surface area contributed by atoms with Gasteiger partial charge in [-0.2, -0.15) is 0 Å². The molecule has 2 nitrogen and oxygen atoms in total. The van der Waals surface area contributed by atoms with E-state index in [-0.39, 0.29) is 5.82 Å². The van der Waals surface area contributed by atoms with Crippen molar-refractivity contribution in [2.75, 3.05) is 7.05 Å². The van der Waals surface area contributed by atoms with E-state index in [9.17, 15) is 4.39 Å². The molecule has 0 fully saturated rings. The van der Waals surface area contributed by atoms with E-state index >= 15 is 0 Å². The minimum absolute atomic E-state index is 0.167. The molecule has 2 aromatic rings. The van der Waals surface area contributed by atoms with Crippen LogP contribution in [0.5, 0.6) is 0 Å². The maximum Gasteiger partial charge on any atom is 0.123 e. The molecule has 2 rings (SSSR count). The van der Waals surface area contributed by atoms with Crippen molar-refractivity contribution >= 4 is 0 Å². The first-order chi connectivity index (χ1) is 9.28. The molecule has 0 radical (unpaired) electrons. The highest BCUT2D eigenvalue weighted by atomic mass is 19.1. The fourth-order valence-corrected chi connectivity index (χ4v) is 2.18. The Morgan fingerprint density at radius 3 is 2.74 bits per heavy atom. The second-order valence-electron chi connectivity index (χ2n) is 4.72. The van der Waals surface area contributed by atoms with Crippen molar-refractivity contribution in [2.45, 2.75) is 25.3 Å². The highest BCUT2D eigenvalue weighted by molar-refractivity contribution is 5.17. The van der Waals surface area contributed by atoms with Gasteiger partial charge in [0.05, 0.1) is 0 Å². The average Bonchev–Trinajstić information content (AvgIpc) is 2.44. The second-order valence-corrected chi connectivity index (χ2v) is 4.72. The van der Waals surface area contributed by atoms with E-state index in [1.165, 1.54) is 11.6 Å². The summed E-state index contributed by atoms with van der Waals surface area (Å²) < 4.78 is 13.1. The van der Waals surface area contributed by atoms with Gasteiger partial charge in [0, 0.05) is 18.4 Å². The van der Waals surface area contributed by atoms with Gasteiger partial charge >= 0.3 is 0 Å². The van der Waals surface area contributed by atoms with Crippen LogP contribution in [0.15, 0.2) is 48.8 Å². The van der Waals surface area contributed by atoms with E-state index in [2.05, 4.69) is 16.4 Å². The van der Waals surface area contributed by atoms with E-state index in [4.69, 9.17) is 0 Å². The molecular weight excluding hydrogens is 239 g/mol. The Bertz CT molecular complexity index is 499. The summed E-state index contributed by atoms with van der Waals surface area (Å²) in [5, 5.41) is 3.30. The topological polar surface area (TPSA) is 24.9 Å². The Balaban J connectivity index is 1.90. The summed E-state index contributed by atoms with van der Waals surface area (Å²) in [6, 6.07) is 11.2. The zero-order valence-corrected chi connectivity index (χ0v) is 11.1. The molecule has 3 heteroatoms. The van der Waals surface area contributed by atoms with Crippen LogP contribution in [-0.4, -0.2) is 18.1 Å². The molecule has 1 unspecified atom stereocenters. The Hall–Kier alpha value is -1.74. The highest BCUT2D eigenvalue weighted by Gasteiger charge is 2.08. The van der Waals surface area contributed by atoms with Crippen molar-refractivity contribution in [1.29, 1.82) is 0 Å². The molecule has 100 valence electrons. The Labute approximate surface area is 113 Å². The lowest BCUT2D eigenvalue weighted by molar-refractivity contribution is 0.518. The molecule has 1 aromatic carbocycles. The summed E-state index contributed by atoms with van der Waals surface area (Å²) in [6.07, 6.45) is 6.52. The molecular formula is C16H19FN2. The number of hydrogen-bond donors (Lipinski definition) is 1. The number of benzene rings is 1. The van der Waals surface area contributed by atoms with Gasteiger partial charge in [0.25, 0.3) is 0 Å². The van der Waals surface area contributed by atoms with Crippen molar-refractivity contribution in [1.82, 2.24) is 10.3 Å². The van der Waals surface area contributed by atoms with Crippen LogP contribution < -0.4 is 5.32 Å². The van der Waals surface area contributed by atoms with Crippen molar-refractivity contribution in [3.63, 3.8) is 0 Å². The fraction of sp³-hybridized carbons (Fsp3) is 0.312. The highest BCUT2D eigenvalue weighted by Crippen LogP contribution is 2.10. The maximum atomic E-state index is 13.1. The van der Waals surface area contributed by atoms with Gasteiger partial charge in [-0.05, 0) is 55.6 Å². The molecule has 0 saturated heterocycles. The lowest BCUT2D eigenvalue weighted by Crippen LogP contribution is -2.28. The van der Waals surface area contributed by atoms with Gasteiger partial charge in [0.1, 0.15) is 5.82 Å². The van der Waals surface area contributed by atoms with Gasteiger partial charge in [-0.25, -0.2) is 4.39 Å². The van der Waals surface area contributed by atoms with Crippen LogP contribution in [0.2, 0.25) is 0 Å². The Morgan fingerprint density at radius 1 is 1.21 bits per heavy atom. The van der Waals surface area contributed by atoms with Gasteiger partial charge < -0.3 is 5.32 Å². The summed E-state index contributed by atoms with van der Waals surface area (Å²) >= 11 is 0. The summed E-state index contributed by atoms with van der Waals surface area (Å²) in [7, 11) is 1.95. The number of nitrogens with one attached hydrogen (secondary N) is 1. The largest absolute Gasteiger partial charge is 0.317 e. The van der Waals surface area contributed by atoms with Gasteiger partial charge in [0.15, 0.2) is 0 Å². The number of halogens is 1. The quantitative estimate of drug-likeness (QED) is 0.861. The minimum Gasteiger partial charge on any atom is -0.317 e. The van der Waals surface area contributed by atoms with E-state index in [0.29, 0.717) is 6.04 Å². The molecule has 1 heterocycles. The standard InChI is InChI=1S/C16H19FN2/c1-18-16(8-7-13-5-3-9-19-12-13)11-14-4-2-6-15(17)10-14/h2-6,9-10,12,16,18H,7-8,11H2,1H3. The minimum atomic E-state index is -0.167. The first-order valence-electron chi connectivity index (χ1n) is 6.58. The summed E-state index contributed by atoms with van der Waals surface area (Å²) in [5.74, 6) is -0.167. The van der Waals surface area contributed by atoms with E-state index in [1.54, 1.807) is 18.3 Å². The van der Waals surface area contributed by atoms with Gasteiger partial charge in [-0.1, -0.05) is 18.2 Å². The SMILES string of the molecule is CNC(CCc1cccnc1)Cc1cccc(F)c1. The number of hydrogen-bond acceptors (Lipinski definition) is 2. The number of aromatic nitrogens is 1. The van der Waals surface area contributed by atoms with Crippen molar-refractivity contribution < 1.29 is 4.39 Å². The average molecular weight is 258 g/mol. The lowest BCUT2D eigenvalue weighted by Gasteiger charge is -2.16. The number of rotatable bonds is 6. The molecule has 0 spiro atoms. The van der Waals surface area contributed by atoms with Gasteiger partial charge in [-0.3, -0.25) is 4.98 Å². The van der Waals surface area contributed by atoms with Crippen LogP contribution in [0, 0.1) is 5.82 Å². The van der Waals surface area contributed by atoms with Gasteiger partial charge in [0.2, 0.25) is 0 Å². The van der Waals surface area contributed by atoms with Crippen LogP contribution >= 0.6 is 0 Å². The van der Waals surface area contributed by atoms with Crippen molar-refractivity contribution in [3.05, 3.63) is 65.7 Å². The molecule has 0 bridgehead atoms. The van der Waals surface area contributed by atoms with Crippen LogP contribution in [0.25, 0.3) is 0 Å². The third kappa shape index (κ3) is 4.45. The molecule has 1 atom stereocenters. The molecule has 0 aliphatic heterocycles. The number of aryl methyl sites for hydroxylation is 1. The van der Waals surface area contributed by atoms with Crippen LogP contribution in [0.3, 0.4) is 0 Å². The fourth-order valence-electron chi connectivity index (χ4n) is 2.18. The maximum absolute atomic E-state index is 13.1. The van der Waals surface area contributed by atoms with E-state index in [1.807, 2.05) is 25.4 Å². The van der Waals surface area contributed by atoms with Crippen molar-refractivity contribution in [2.24, 2.45) is 0 Å². The lowest BCUT2D eigenvalue weighted by atomic mass is 10.00.